The summed E-state index contributed by atoms with van der Waals surface area (Å²) in [6, 6.07) is 8.73. The maximum Gasteiger partial charge on any atom is 0.257 e. The molecule has 1 aromatic carbocycles. The van der Waals surface area contributed by atoms with E-state index < -0.39 is 0 Å². The highest BCUT2D eigenvalue weighted by Gasteiger charge is 2.26. The molecule has 0 radical (unpaired) electrons. The molecule has 0 bridgehead atoms. The van der Waals surface area contributed by atoms with Gasteiger partial charge in [-0.3, -0.25) is 9.59 Å². The number of amides is 2. The molecule has 1 saturated heterocycles. The molecule has 1 fully saturated rings. The molecule has 0 spiro atoms. The standard InChI is InChI=1S/C19H18N4O4/c1-13-20-17(27-21-13)14-2-4-15(5-3-14)18(24)22-7-9-23(10-8-22)19(25)16-6-11-26-12-16/h2-6,11-12H,7-10H2,1H3. The van der Waals surface area contributed by atoms with E-state index in [-0.39, 0.29) is 11.8 Å². The van der Waals surface area contributed by atoms with Gasteiger partial charge in [-0.15, -0.1) is 0 Å². The minimum absolute atomic E-state index is 0.0568. The molecule has 0 saturated carbocycles. The lowest BCUT2D eigenvalue weighted by Crippen LogP contribution is -2.50. The van der Waals surface area contributed by atoms with Gasteiger partial charge >= 0.3 is 0 Å². The van der Waals surface area contributed by atoms with Crippen molar-refractivity contribution in [2.75, 3.05) is 26.2 Å². The number of hydrogen-bond acceptors (Lipinski definition) is 6. The lowest BCUT2D eigenvalue weighted by Gasteiger charge is -2.34. The second kappa shape index (κ2) is 7.06. The SMILES string of the molecule is Cc1noc(-c2ccc(C(=O)N3CCN(C(=O)c4ccoc4)CC3)cc2)n1. The molecule has 0 N–H and O–H groups in total. The topological polar surface area (TPSA) is 92.7 Å². The maximum absolute atomic E-state index is 12.7. The molecule has 8 heteroatoms. The smallest absolute Gasteiger partial charge is 0.257 e. The van der Waals surface area contributed by atoms with Gasteiger partial charge < -0.3 is 18.7 Å². The van der Waals surface area contributed by atoms with Crippen molar-refractivity contribution in [3.8, 4) is 11.5 Å². The molecule has 2 amide bonds. The molecule has 27 heavy (non-hydrogen) atoms. The number of carbonyl (C=O) groups excluding carboxylic acids is 2. The molecule has 138 valence electrons. The Hall–Kier alpha value is -3.42. The van der Waals surface area contributed by atoms with Gasteiger partial charge in [0.25, 0.3) is 17.7 Å². The third-order valence-electron chi connectivity index (χ3n) is 4.53. The molecular formula is C19H18N4O4. The van der Waals surface area contributed by atoms with Crippen LogP contribution in [-0.4, -0.2) is 57.9 Å². The van der Waals surface area contributed by atoms with Crippen LogP contribution in [0.3, 0.4) is 0 Å². The zero-order valence-electron chi connectivity index (χ0n) is 14.8. The second-order valence-electron chi connectivity index (χ2n) is 6.32. The van der Waals surface area contributed by atoms with E-state index in [4.69, 9.17) is 8.94 Å². The van der Waals surface area contributed by atoms with Gasteiger partial charge in [-0.05, 0) is 37.3 Å². The molecule has 0 atom stereocenters. The number of furan rings is 1. The predicted octanol–water partition coefficient (Wildman–Crippen LogP) is 2.24. The summed E-state index contributed by atoms with van der Waals surface area (Å²) in [6.07, 6.45) is 2.92. The lowest BCUT2D eigenvalue weighted by atomic mass is 10.1. The van der Waals surface area contributed by atoms with Gasteiger partial charge in [-0.25, -0.2) is 0 Å². The quantitative estimate of drug-likeness (QED) is 0.706. The van der Waals surface area contributed by atoms with E-state index in [1.807, 2.05) is 0 Å². The van der Waals surface area contributed by atoms with E-state index in [0.29, 0.717) is 49.0 Å². The van der Waals surface area contributed by atoms with Crippen molar-refractivity contribution in [2.45, 2.75) is 6.92 Å². The molecule has 1 aliphatic rings. The highest BCUT2D eigenvalue weighted by Crippen LogP contribution is 2.19. The Bertz CT molecular complexity index is 939. The lowest BCUT2D eigenvalue weighted by molar-refractivity contribution is 0.0535. The van der Waals surface area contributed by atoms with Gasteiger partial charge in [-0.1, -0.05) is 5.16 Å². The van der Waals surface area contributed by atoms with E-state index in [1.165, 1.54) is 12.5 Å². The van der Waals surface area contributed by atoms with E-state index in [0.717, 1.165) is 5.56 Å². The average molecular weight is 366 g/mol. The van der Waals surface area contributed by atoms with Gasteiger partial charge in [0.15, 0.2) is 5.82 Å². The van der Waals surface area contributed by atoms with Crippen molar-refractivity contribution in [2.24, 2.45) is 0 Å². The third-order valence-corrected chi connectivity index (χ3v) is 4.53. The van der Waals surface area contributed by atoms with Crippen molar-refractivity contribution in [1.82, 2.24) is 19.9 Å². The fourth-order valence-electron chi connectivity index (χ4n) is 3.03. The molecule has 0 aliphatic carbocycles. The summed E-state index contributed by atoms with van der Waals surface area (Å²) >= 11 is 0. The van der Waals surface area contributed by atoms with Gasteiger partial charge in [0, 0.05) is 37.3 Å². The minimum Gasteiger partial charge on any atom is -0.472 e. The summed E-state index contributed by atoms with van der Waals surface area (Å²) < 4.78 is 10.1. The molecule has 4 rings (SSSR count). The molecule has 3 aromatic rings. The third kappa shape index (κ3) is 3.46. The summed E-state index contributed by atoms with van der Waals surface area (Å²) in [4.78, 5) is 32.7. The Morgan fingerprint density at radius 3 is 2.07 bits per heavy atom. The number of nitrogens with zero attached hydrogens (tertiary/aromatic N) is 4. The van der Waals surface area contributed by atoms with Crippen LogP contribution in [0.4, 0.5) is 0 Å². The molecule has 3 heterocycles. The van der Waals surface area contributed by atoms with Crippen LogP contribution in [0.1, 0.15) is 26.5 Å². The number of aromatic nitrogens is 2. The Balaban J connectivity index is 1.38. The summed E-state index contributed by atoms with van der Waals surface area (Å²) in [5.74, 6) is 0.861. The number of hydrogen-bond donors (Lipinski definition) is 0. The summed E-state index contributed by atoms with van der Waals surface area (Å²) in [5, 5.41) is 3.76. The molecule has 0 unspecified atom stereocenters. The van der Waals surface area contributed by atoms with E-state index >= 15 is 0 Å². The summed E-state index contributed by atoms with van der Waals surface area (Å²) in [5.41, 5.74) is 1.88. The number of rotatable bonds is 3. The first-order valence-corrected chi connectivity index (χ1v) is 8.63. The van der Waals surface area contributed by atoms with E-state index in [9.17, 15) is 9.59 Å². The number of piperazine rings is 1. The Morgan fingerprint density at radius 1 is 0.926 bits per heavy atom. The van der Waals surface area contributed by atoms with Crippen molar-refractivity contribution in [3.05, 3.63) is 59.8 Å². The van der Waals surface area contributed by atoms with Crippen LogP contribution in [0.25, 0.3) is 11.5 Å². The molecule has 1 aliphatic heterocycles. The van der Waals surface area contributed by atoms with E-state index in [1.54, 1.807) is 47.1 Å². The van der Waals surface area contributed by atoms with Gasteiger partial charge in [0.1, 0.15) is 6.26 Å². The van der Waals surface area contributed by atoms with Crippen LogP contribution in [0.2, 0.25) is 0 Å². The van der Waals surface area contributed by atoms with Crippen molar-refractivity contribution in [3.63, 3.8) is 0 Å². The number of carbonyl (C=O) groups is 2. The van der Waals surface area contributed by atoms with Crippen LogP contribution in [0, 0.1) is 6.92 Å². The first kappa shape index (κ1) is 17.0. The van der Waals surface area contributed by atoms with Crippen molar-refractivity contribution >= 4 is 11.8 Å². The van der Waals surface area contributed by atoms with Crippen molar-refractivity contribution < 1.29 is 18.5 Å². The van der Waals surface area contributed by atoms with Gasteiger partial charge in [0.2, 0.25) is 0 Å². The largest absolute Gasteiger partial charge is 0.472 e. The van der Waals surface area contributed by atoms with Crippen molar-refractivity contribution in [1.29, 1.82) is 0 Å². The zero-order chi connectivity index (χ0) is 18.8. The average Bonchev–Trinajstić information content (AvgIpc) is 3.39. The fraction of sp³-hybridized carbons (Fsp3) is 0.263. The number of benzene rings is 1. The Labute approximate surface area is 155 Å². The van der Waals surface area contributed by atoms with Crippen LogP contribution in [0.15, 0.2) is 51.8 Å². The Kier molecular flexibility index (Phi) is 4.45. The van der Waals surface area contributed by atoms with Crippen LogP contribution >= 0.6 is 0 Å². The molecular weight excluding hydrogens is 348 g/mol. The molecule has 8 nitrogen and oxygen atoms in total. The highest BCUT2D eigenvalue weighted by atomic mass is 16.5. The zero-order valence-corrected chi connectivity index (χ0v) is 14.8. The minimum atomic E-state index is -0.0740. The van der Waals surface area contributed by atoms with Crippen LogP contribution < -0.4 is 0 Å². The van der Waals surface area contributed by atoms with Crippen LogP contribution in [0.5, 0.6) is 0 Å². The van der Waals surface area contributed by atoms with Gasteiger partial charge in [-0.2, -0.15) is 4.98 Å². The molecule has 2 aromatic heterocycles. The second-order valence-corrected chi connectivity index (χ2v) is 6.32. The normalized spacial score (nSPS) is 14.4. The van der Waals surface area contributed by atoms with Crippen LogP contribution in [-0.2, 0) is 0 Å². The first-order valence-electron chi connectivity index (χ1n) is 8.63. The highest BCUT2D eigenvalue weighted by molar-refractivity contribution is 5.96. The first-order chi connectivity index (χ1) is 13.1. The predicted molar refractivity (Wildman–Crippen MR) is 95.0 cm³/mol. The van der Waals surface area contributed by atoms with Gasteiger partial charge in [0.05, 0.1) is 11.8 Å². The summed E-state index contributed by atoms with van der Waals surface area (Å²) in [6.45, 7) is 3.73. The van der Waals surface area contributed by atoms with E-state index in [2.05, 4.69) is 10.1 Å². The monoisotopic (exact) mass is 366 g/mol. The Morgan fingerprint density at radius 2 is 1.56 bits per heavy atom. The number of aryl methyl sites for hydroxylation is 1. The maximum atomic E-state index is 12.7. The summed E-state index contributed by atoms with van der Waals surface area (Å²) in [7, 11) is 0. The fourth-order valence-corrected chi connectivity index (χ4v) is 3.03.